The second-order valence-corrected chi connectivity index (χ2v) is 3.63. The fourth-order valence-corrected chi connectivity index (χ4v) is 1.47. The largest absolute Gasteiger partial charge is 0.478 e. The van der Waals surface area contributed by atoms with Gasteiger partial charge in [0, 0.05) is 13.0 Å². The number of carbonyl (C=O) groups is 1. The Labute approximate surface area is 103 Å². The van der Waals surface area contributed by atoms with E-state index in [0.29, 0.717) is 30.2 Å². The lowest BCUT2D eigenvalue weighted by atomic mass is 10.1. The molecule has 7 nitrogen and oxygen atoms in total. The Hall–Kier alpha value is -2.57. The highest BCUT2D eigenvalue weighted by Crippen LogP contribution is 2.19. The molecule has 0 spiro atoms. The predicted molar refractivity (Wildman–Crippen MR) is 64.3 cm³/mol. The number of carboxylic acid groups (broad SMARTS) is 1. The molecule has 0 aliphatic heterocycles. The normalized spacial score (nSPS) is 10.2. The first-order valence-electron chi connectivity index (χ1n) is 5.29. The fourth-order valence-electron chi connectivity index (χ4n) is 1.47. The maximum atomic E-state index is 10.7. The predicted octanol–water partition coefficient (Wildman–Crippen LogP) is 1.00. The van der Waals surface area contributed by atoms with Crippen molar-refractivity contribution >= 4 is 17.3 Å². The SMILES string of the molecule is Nc1cc(C(=O)O)ccc1NCCc1ncon1. The van der Waals surface area contributed by atoms with Crippen molar-refractivity contribution in [1.82, 2.24) is 10.1 Å². The minimum atomic E-state index is -1.000. The Morgan fingerprint density at radius 2 is 2.33 bits per heavy atom. The number of anilines is 2. The molecule has 0 amide bonds. The zero-order valence-electron chi connectivity index (χ0n) is 9.46. The Bertz CT molecular complexity index is 539. The molecule has 1 heterocycles. The van der Waals surface area contributed by atoms with E-state index >= 15 is 0 Å². The molecular formula is C11H12N4O3. The van der Waals surface area contributed by atoms with Crippen LogP contribution in [0, 0.1) is 0 Å². The quantitative estimate of drug-likeness (QED) is 0.676. The van der Waals surface area contributed by atoms with Gasteiger partial charge in [-0.25, -0.2) is 4.79 Å². The van der Waals surface area contributed by atoms with E-state index in [1.807, 2.05) is 0 Å². The molecule has 0 saturated carbocycles. The lowest BCUT2D eigenvalue weighted by molar-refractivity contribution is 0.0697. The van der Waals surface area contributed by atoms with Crippen LogP contribution in [-0.4, -0.2) is 27.8 Å². The third-order valence-corrected chi connectivity index (χ3v) is 2.37. The lowest BCUT2D eigenvalue weighted by Gasteiger charge is -2.08. The van der Waals surface area contributed by atoms with Gasteiger partial charge in [0.25, 0.3) is 0 Å². The molecule has 7 heteroatoms. The van der Waals surface area contributed by atoms with E-state index in [1.165, 1.54) is 18.5 Å². The summed E-state index contributed by atoms with van der Waals surface area (Å²) in [5.74, 6) is -0.400. The summed E-state index contributed by atoms with van der Waals surface area (Å²) < 4.78 is 4.60. The molecule has 0 atom stereocenters. The standard InChI is InChI=1S/C11H12N4O3/c12-8-5-7(11(16)17)1-2-9(8)13-4-3-10-14-6-18-15-10/h1-2,5-6,13H,3-4,12H2,(H,16,17). The molecule has 0 saturated heterocycles. The molecule has 0 unspecified atom stereocenters. The molecule has 1 aromatic heterocycles. The summed E-state index contributed by atoms with van der Waals surface area (Å²) in [5.41, 5.74) is 6.98. The highest BCUT2D eigenvalue weighted by molar-refractivity contribution is 5.90. The minimum Gasteiger partial charge on any atom is -0.478 e. The summed E-state index contributed by atoms with van der Waals surface area (Å²) in [6.07, 6.45) is 1.86. The first-order valence-corrected chi connectivity index (χ1v) is 5.29. The molecule has 0 aliphatic carbocycles. The summed E-state index contributed by atoms with van der Waals surface area (Å²) in [6.45, 7) is 0.580. The first-order chi connectivity index (χ1) is 8.66. The number of nitrogens with two attached hydrogens (primary N) is 1. The molecular weight excluding hydrogens is 236 g/mol. The molecule has 94 valence electrons. The minimum absolute atomic E-state index is 0.163. The van der Waals surface area contributed by atoms with Crippen LogP contribution in [0.15, 0.2) is 29.1 Å². The Morgan fingerprint density at radius 1 is 1.50 bits per heavy atom. The average molecular weight is 248 g/mol. The number of rotatable bonds is 5. The number of benzene rings is 1. The second-order valence-electron chi connectivity index (χ2n) is 3.63. The first kappa shape index (κ1) is 11.9. The van der Waals surface area contributed by atoms with Gasteiger partial charge in [0.15, 0.2) is 5.82 Å². The van der Waals surface area contributed by atoms with E-state index in [0.717, 1.165) is 0 Å². The molecule has 0 radical (unpaired) electrons. The maximum absolute atomic E-state index is 10.7. The van der Waals surface area contributed by atoms with Gasteiger partial charge in [-0.15, -0.1) is 0 Å². The third-order valence-electron chi connectivity index (χ3n) is 2.37. The average Bonchev–Trinajstić information content (AvgIpc) is 2.84. The Kier molecular flexibility index (Phi) is 3.42. The molecule has 4 N–H and O–H groups in total. The van der Waals surface area contributed by atoms with Gasteiger partial charge in [0.05, 0.1) is 16.9 Å². The number of hydrogen-bond acceptors (Lipinski definition) is 6. The number of carboxylic acids is 1. The Morgan fingerprint density at radius 3 is 2.94 bits per heavy atom. The van der Waals surface area contributed by atoms with Gasteiger partial charge in [0.1, 0.15) is 0 Å². The van der Waals surface area contributed by atoms with E-state index in [-0.39, 0.29) is 5.56 Å². The summed E-state index contributed by atoms with van der Waals surface area (Å²) >= 11 is 0. The van der Waals surface area contributed by atoms with Crippen LogP contribution >= 0.6 is 0 Å². The van der Waals surface area contributed by atoms with E-state index in [1.54, 1.807) is 6.07 Å². The van der Waals surface area contributed by atoms with Crippen LogP contribution in [0.2, 0.25) is 0 Å². The summed E-state index contributed by atoms with van der Waals surface area (Å²) in [4.78, 5) is 14.6. The second kappa shape index (κ2) is 5.17. The van der Waals surface area contributed by atoms with Gasteiger partial charge in [-0.05, 0) is 18.2 Å². The van der Waals surface area contributed by atoms with Gasteiger partial charge in [-0.1, -0.05) is 5.16 Å². The van der Waals surface area contributed by atoms with Gasteiger partial charge in [-0.3, -0.25) is 0 Å². The molecule has 18 heavy (non-hydrogen) atoms. The van der Waals surface area contributed by atoms with Crippen LogP contribution in [0.1, 0.15) is 16.2 Å². The van der Waals surface area contributed by atoms with Crippen molar-refractivity contribution in [3.8, 4) is 0 Å². The van der Waals surface area contributed by atoms with Crippen molar-refractivity contribution in [1.29, 1.82) is 0 Å². The third kappa shape index (κ3) is 2.76. The maximum Gasteiger partial charge on any atom is 0.335 e. The van der Waals surface area contributed by atoms with Crippen molar-refractivity contribution in [2.45, 2.75) is 6.42 Å². The highest BCUT2D eigenvalue weighted by Gasteiger charge is 2.06. The van der Waals surface area contributed by atoms with Crippen LogP contribution in [0.5, 0.6) is 0 Å². The zero-order chi connectivity index (χ0) is 13.0. The van der Waals surface area contributed by atoms with Crippen LogP contribution in [-0.2, 0) is 6.42 Å². The van der Waals surface area contributed by atoms with Crippen molar-refractivity contribution in [2.24, 2.45) is 0 Å². The summed E-state index contributed by atoms with van der Waals surface area (Å²) in [7, 11) is 0. The number of nitrogen functional groups attached to an aromatic ring is 1. The fraction of sp³-hybridized carbons (Fsp3) is 0.182. The van der Waals surface area contributed by atoms with E-state index in [4.69, 9.17) is 10.8 Å². The van der Waals surface area contributed by atoms with Crippen molar-refractivity contribution in [2.75, 3.05) is 17.6 Å². The van der Waals surface area contributed by atoms with Crippen LogP contribution < -0.4 is 11.1 Å². The van der Waals surface area contributed by atoms with Gasteiger partial charge >= 0.3 is 5.97 Å². The number of hydrogen-bond donors (Lipinski definition) is 3. The van der Waals surface area contributed by atoms with Crippen molar-refractivity contribution in [3.05, 3.63) is 36.0 Å². The lowest BCUT2D eigenvalue weighted by Crippen LogP contribution is -2.08. The summed E-state index contributed by atoms with van der Waals surface area (Å²) in [6, 6.07) is 4.55. The van der Waals surface area contributed by atoms with E-state index in [2.05, 4.69) is 20.0 Å². The van der Waals surface area contributed by atoms with E-state index < -0.39 is 5.97 Å². The monoisotopic (exact) mass is 248 g/mol. The smallest absolute Gasteiger partial charge is 0.335 e. The van der Waals surface area contributed by atoms with Gasteiger partial charge in [-0.2, -0.15) is 4.98 Å². The van der Waals surface area contributed by atoms with Crippen molar-refractivity contribution in [3.63, 3.8) is 0 Å². The molecule has 1 aromatic carbocycles. The van der Waals surface area contributed by atoms with Crippen molar-refractivity contribution < 1.29 is 14.4 Å². The zero-order valence-corrected chi connectivity index (χ0v) is 9.46. The number of aromatic nitrogens is 2. The highest BCUT2D eigenvalue weighted by atomic mass is 16.5. The van der Waals surface area contributed by atoms with E-state index in [9.17, 15) is 4.79 Å². The molecule has 0 fully saturated rings. The van der Waals surface area contributed by atoms with Crippen LogP contribution in [0.3, 0.4) is 0 Å². The van der Waals surface area contributed by atoms with Crippen LogP contribution in [0.4, 0.5) is 11.4 Å². The van der Waals surface area contributed by atoms with Gasteiger partial charge < -0.3 is 20.7 Å². The molecule has 2 aromatic rings. The van der Waals surface area contributed by atoms with Gasteiger partial charge in [0.2, 0.25) is 6.39 Å². The molecule has 0 aliphatic rings. The number of nitrogens with zero attached hydrogens (tertiary/aromatic N) is 2. The molecule has 0 bridgehead atoms. The number of aromatic carboxylic acids is 1. The molecule has 2 rings (SSSR count). The summed E-state index contributed by atoms with van der Waals surface area (Å²) in [5, 5.41) is 15.5. The Balaban J connectivity index is 1.95. The topological polar surface area (TPSA) is 114 Å². The van der Waals surface area contributed by atoms with Crippen LogP contribution in [0.25, 0.3) is 0 Å². The number of nitrogens with one attached hydrogen (secondary N) is 1.